The van der Waals surface area contributed by atoms with Crippen LogP contribution >= 0.6 is 0 Å². The van der Waals surface area contributed by atoms with E-state index in [1.807, 2.05) is 30.3 Å². The number of nitrogens with zero attached hydrogens (tertiary/aromatic N) is 4. The molecule has 3 aromatic rings. The molecule has 2 amide bonds. The molecule has 0 aliphatic heterocycles. The predicted molar refractivity (Wildman–Crippen MR) is 117 cm³/mol. The Bertz CT molecular complexity index is 1160. The quantitative estimate of drug-likeness (QED) is 0.410. The number of para-hydroxylation sites is 1. The van der Waals surface area contributed by atoms with Crippen LogP contribution in [-0.4, -0.2) is 40.1 Å². The fourth-order valence-corrected chi connectivity index (χ4v) is 3.08. The van der Waals surface area contributed by atoms with Crippen molar-refractivity contribution in [2.24, 2.45) is 0 Å². The number of anilines is 1. The number of aromatic nitrogens is 3. The summed E-state index contributed by atoms with van der Waals surface area (Å²) in [6, 6.07) is 13.8. The van der Waals surface area contributed by atoms with Crippen molar-refractivity contribution in [3.63, 3.8) is 0 Å². The molecule has 0 saturated heterocycles. The van der Waals surface area contributed by atoms with Gasteiger partial charge in [0.05, 0.1) is 11.4 Å². The molecule has 0 fully saturated rings. The van der Waals surface area contributed by atoms with Gasteiger partial charge in [0.25, 0.3) is 0 Å². The monoisotopic (exact) mass is 473 g/mol. The average molecular weight is 473 g/mol. The minimum absolute atomic E-state index is 0.0660. The van der Waals surface area contributed by atoms with E-state index in [9.17, 15) is 23.2 Å². The van der Waals surface area contributed by atoms with Crippen LogP contribution in [0.5, 0.6) is 5.88 Å². The molecular weight excluding hydrogens is 451 g/mol. The average Bonchev–Trinajstić information content (AvgIpc) is 3.14. The molecular formula is C22H22F3N7O2. The van der Waals surface area contributed by atoms with E-state index in [1.54, 1.807) is 0 Å². The number of benzene rings is 1. The van der Waals surface area contributed by atoms with Gasteiger partial charge in [0.15, 0.2) is 6.61 Å². The Labute approximate surface area is 193 Å². The Hall–Kier alpha value is -4.27. The number of nitrogens with two attached hydrogens (primary N) is 1. The standard InChI is InChI=1S/C22H22F3N7O2/c23-22(24,25)14-34-20-15(6-4-10-28-20)13-30-21(33)29-11-5-9-18-17(12-26)19(27)32(31-18)16-7-2-1-3-8-16/h1-4,6-8,10H,5,9,11,13-14,27H2,(H2,29,30,33). The number of aryl methyl sites for hydroxylation is 1. The highest BCUT2D eigenvalue weighted by Gasteiger charge is 2.29. The minimum atomic E-state index is -4.49. The van der Waals surface area contributed by atoms with Crippen molar-refractivity contribution >= 4 is 11.8 Å². The van der Waals surface area contributed by atoms with E-state index < -0.39 is 18.8 Å². The van der Waals surface area contributed by atoms with E-state index in [4.69, 9.17) is 10.5 Å². The second-order valence-corrected chi connectivity index (χ2v) is 7.15. The lowest BCUT2D eigenvalue weighted by Crippen LogP contribution is -2.35. The number of carbonyl (C=O) groups is 1. The van der Waals surface area contributed by atoms with Crippen LogP contribution in [0.15, 0.2) is 48.7 Å². The molecule has 12 heteroatoms. The Morgan fingerprint density at radius 3 is 2.65 bits per heavy atom. The highest BCUT2D eigenvalue weighted by atomic mass is 19.4. The fourth-order valence-electron chi connectivity index (χ4n) is 3.08. The topological polar surface area (TPSA) is 131 Å². The molecule has 2 aromatic heterocycles. The number of ether oxygens (including phenoxy) is 1. The summed E-state index contributed by atoms with van der Waals surface area (Å²) in [4.78, 5) is 15.8. The highest BCUT2D eigenvalue weighted by Crippen LogP contribution is 2.22. The maximum Gasteiger partial charge on any atom is 0.422 e. The number of pyridine rings is 1. The number of alkyl halides is 3. The van der Waals surface area contributed by atoms with Gasteiger partial charge in [-0.25, -0.2) is 14.5 Å². The first-order valence-corrected chi connectivity index (χ1v) is 10.3. The van der Waals surface area contributed by atoms with Crippen LogP contribution in [0.3, 0.4) is 0 Å². The number of rotatable bonds is 9. The lowest BCUT2D eigenvalue weighted by atomic mass is 10.1. The number of amides is 2. The third-order valence-electron chi connectivity index (χ3n) is 4.64. The van der Waals surface area contributed by atoms with E-state index in [0.29, 0.717) is 24.1 Å². The maximum atomic E-state index is 12.4. The van der Waals surface area contributed by atoms with Gasteiger partial charge in [-0.2, -0.15) is 23.5 Å². The largest absolute Gasteiger partial charge is 0.468 e. The normalized spacial score (nSPS) is 11.0. The summed E-state index contributed by atoms with van der Waals surface area (Å²) in [5.74, 6) is 0.0465. The Morgan fingerprint density at radius 2 is 1.94 bits per heavy atom. The summed E-state index contributed by atoms with van der Waals surface area (Å²) in [6.07, 6.45) is -2.30. The molecule has 34 heavy (non-hydrogen) atoms. The summed E-state index contributed by atoms with van der Waals surface area (Å²) in [6.45, 7) is -1.26. The number of nitrogen functional groups attached to an aromatic ring is 1. The van der Waals surface area contributed by atoms with Crippen molar-refractivity contribution in [3.8, 4) is 17.6 Å². The molecule has 0 aliphatic carbocycles. The lowest BCUT2D eigenvalue weighted by molar-refractivity contribution is -0.154. The molecule has 3 rings (SSSR count). The molecule has 0 bridgehead atoms. The molecule has 0 aliphatic rings. The van der Waals surface area contributed by atoms with Crippen molar-refractivity contribution in [2.45, 2.75) is 25.6 Å². The zero-order valence-corrected chi connectivity index (χ0v) is 18.0. The Morgan fingerprint density at radius 1 is 1.18 bits per heavy atom. The van der Waals surface area contributed by atoms with Crippen LogP contribution in [0.1, 0.15) is 23.2 Å². The molecule has 0 saturated carbocycles. The summed E-state index contributed by atoms with van der Waals surface area (Å²) in [5.41, 5.74) is 7.92. The van der Waals surface area contributed by atoms with E-state index in [2.05, 4.69) is 26.8 Å². The van der Waals surface area contributed by atoms with Gasteiger partial charge in [0.2, 0.25) is 5.88 Å². The van der Waals surface area contributed by atoms with Gasteiger partial charge < -0.3 is 21.1 Å². The molecule has 9 nitrogen and oxygen atoms in total. The number of nitrogens with one attached hydrogen (secondary N) is 2. The Balaban J connectivity index is 1.48. The van der Waals surface area contributed by atoms with Gasteiger partial charge in [0.1, 0.15) is 17.5 Å². The summed E-state index contributed by atoms with van der Waals surface area (Å²) < 4.78 is 43.3. The third-order valence-corrected chi connectivity index (χ3v) is 4.64. The predicted octanol–water partition coefficient (Wildman–Crippen LogP) is 3.09. The number of nitriles is 1. The van der Waals surface area contributed by atoms with E-state index in [-0.39, 0.29) is 30.4 Å². The number of halogens is 3. The molecule has 0 atom stereocenters. The van der Waals surface area contributed by atoms with Gasteiger partial charge in [-0.3, -0.25) is 0 Å². The molecule has 2 heterocycles. The van der Waals surface area contributed by atoms with Gasteiger partial charge >= 0.3 is 12.2 Å². The highest BCUT2D eigenvalue weighted by molar-refractivity contribution is 5.73. The first-order valence-electron chi connectivity index (χ1n) is 10.3. The van der Waals surface area contributed by atoms with Crippen molar-refractivity contribution in [1.82, 2.24) is 25.4 Å². The fraction of sp³-hybridized carbons (Fsp3) is 0.273. The molecule has 0 spiro atoms. The van der Waals surface area contributed by atoms with E-state index >= 15 is 0 Å². The number of urea groups is 1. The summed E-state index contributed by atoms with van der Waals surface area (Å²) >= 11 is 0. The van der Waals surface area contributed by atoms with Crippen LogP contribution in [0.25, 0.3) is 5.69 Å². The minimum Gasteiger partial charge on any atom is -0.468 e. The third kappa shape index (κ3) is 6.61. The zero-order valence-electron chi connectivity index (χ0n) is 18.0. The van der Waals surface area contributed by atoms with E-state index in [1.165, 1.54) is 23.0 Å². The number of hydrogen-bond acceptors (Lipinski definition) is 6. The molecule has 0 unspecified atom stereocenters. The number of hydrogen-bond donors (Lipinski definition) is 3. The number of carbonyl (C=O) groups excluding carboxylic acids is 1. The van der Waals surface area contributed by atoms with Crippen molar-refractivity contribution < 1.29 is 22.7 Å². The first-order chi connectivity index (χ1) is 16.3. The first kappa shape index (κ1) is 24.4. The second-order valence-electron chi connectivity index (χ2n) is 7.15. The van der Waals surface area contributed by atoms with Gasteiger partial charge in [-0.1, -0.05) is 24.3 Å². The molecule has 178 valence electrons. The zero-order chi connectivity index (χ0) is 24.6. The van der Waals surface area contributed by atoms with Gasteiger partial charge in [0, 0.05) is 24.8 Å². The maximum absolute atomic E-state index is 12.4. The molecule has 1 aromatic carbocycles. The van der Waals surface area contributed by atoms with Gasteiger partial charge in [-0.15, -0.1) is 0 Å². The Kier molecular flexibility index (Phi) is 7.92. The van der Waals surface area contributed by atoms with E-state index in [0.717, 1.165) is 5.69 Å². The van der Waals surface area contributed by atoms with Crippen LogP contribution in [0, 0.1) is 11.3 Å². The van der Waals surface area contributed by atoms with Crippen molar-refractivity contribution in [1.29, 1.82) is 5.26 Å². The second kappa shape index (κ2) is 11.0. The summed E-state index contributed by atoms with van der Waals surface area (Å²) in [5, 5.41) is 19.1. The van der Waals surface area contributed by atoms with Gasteiger partial charge in [-0.05, 0) is 31.0 Å². The van der Waals surface area contributed by atoms with Crippen LogP contribution in [-0.2, 0) is 13.0 Å². The summed E-state index contributed by atoms with van der Waals surface area (Å²) in [7, 11) is 0. The van der Waals surface area contributed by atoms with Crippen molar-refractivity contribution in [3.05, 3.63) is 65.5 Å². The molecule has 4 N–H and O–H groups in total. The SMILES string of the molecule is N#Cc1c(CCCNC(=O)NCc2cccnc2OCC(F)(F)F)nn(-c2ccccc2)c1N. The van der Waals surface area contributed by atoms with Crippen LogP contribution in [0.2, 0.25) is 0 Å². The van der Waals surface area contributed by atoms with Crippen LogP contribution in [0.4, 0.5) is 23.8 Å². The molecule has 0 radical (unpaired) electrons. The van der Waals surface area contributed by atoms with Crippen molar-refractivity contribution in [2.75, 3.05) is 18.9 Å². The lowest BCUT2D eigenvalue weighted by Gasteiger charge is -2.12. The smallest absolute Gasteiger partial charge is 0.422 e. The van der Waals surface area contributed by atoms with Crippen LogP contribution < -0.4 is 21.1 Å².